The van der Waals surface area contributed by atoms with Crippen LogP contribution < -0.4 is 14.2 Å². The fraction of sp³-hybridized carbons (Fsp3) is 0.571. The molecule has 0 bridgehead atoms. The van der Waals surface area contributed by atoms with Crippen molar-refractivity contribution in [3.8, 4) is 28.7 Å². The van der Waals surface area contributed by atoms with Gasteiger partial charge in [-0.1, -0.05) is 21.6 Å². The average molecular weight is 601 g/mol. The normalized spacial score (nSPS) is 24.2. The number of aliphatic hydroxyl groups excluding tert-OH is 4. The zero-order valence-electron chi connectivity index (χ0n) is 23.0. The van der Waals surface area contributed by atoms with Crippen molar-refractivity contribution in [2.24, 2.45) is 5.92 Å². The fourth-order valence-electron chi connectivity index (χ4n) is 5.00. The Morgan fingerprint density at radius 1 is 0.900 bits per heavy atom. The highest BCUT2D eigenvalue weighted by atomic mass is 33.1. The van der Waals surface area contributed by atoms with Crippen molar-refractivity contribution < 1.29 is 49.6 Å². The van der Waals surface area contributed by atoms with Gasteiger partial charge in [0.2, 0.25) is 5.75 Å². The number of benzene rings is 2. The molecule has 12 heteroatoms. The van der Waals surface area contributed by atoms with Gasteiger partial charge in [0.15, 0.2) is 23.0 Å². The summed E-state index contributed by atoms with van der Waals surface area (Å²) in [5.41, 5.74) is 2.45. The molecule has 5 atom stereocenters. The lowest BCUT2D eigenvalue weighted by Crippen LogP contribution is -2.38. The van der Waals surface area contributed by atoms with Crippen molar-refractivity contribution in [2.75, 3.05) is 40.5 Å². The molecule has 0 unspecified atom stereocenters. The zero-order chi connectivity index (χ0) is 29.2. The minimum atomic E-state index is -0.981. The quantitative estimate of drug-likeness (QED) is 0.185. The molecule has 6 N–H and O–H groups in total. The number of rotatable bonds is 9. The van der Waals surface area contributed by atoms with Crippen molar-refractivity contribution in [3.05, 3.63) is 41.0 Å². The maximum atomic E-state index is 11.4. The second-order valence-corrected chi connectivity index (χ2v) is 12.3. The number of methoxy groups -OCH3 is 3. The van der Waals surface area contributed by atoms with Crippen LogP contribution in [0.15, 0.2) is 24.3 Å². The van der Waals surface area contributed by atoms with Crippen LogP contribution in [0.4, 0.5) is 0 Å². The summed E-state index contributed by atoms with van der Waals surface area (Å²) >= 11 is 0. The summed E-state index contributed by atoms with van der Waals surface area (Å²) in [7, 11) is 7.26. The summed E-state index contributed by atoms with van der Waals surface area (Å²) < 4.78 is 21.5. The molecule has 0 fully saturated rings. The molecule has 0 amide bonds. The number of hydrogen-bond acceptors (Lipinski definition) is 12. The van der Waals surface area contributed by atoms with E-state index in [9.17, 15) is 30.6 Å². The molecule has 0 saturated heterocycles. The van der Waals surface area contributed by atoms with E-state index in [2.05, 4.69) is 0 Å². The summed E-state index contributed by atoms with van der Waals surface area (Å²) in [5, 5.41) is 62.6. The molecule has 3 rings (SSSR count). The van der Waals surface area contributed by atoms with E-state index < -0.39 is 31.0 Å². The maximum absolute atomic E-state index is 11.4. The zero-order valence-corrected chi connectivity index (χ0v) is 24.6. The standard InChI is InChI=1S/C28H40O10S2/c1-35-24-11-17-4-5-18(38-15-30)12-21(31)20(8-16-9-25(36-2)28(34)26(10-16)37-3)23(33)14-39-40-27(6-7-29)19(17)13-22(24)32/h9-11,13,18,20-21,23,27,29-34H,4-8,12,14-15H2,1-3H3/t18-,20-,21+,23-,27-/m0/s1. The second-order valence-electron chi connectivity index (χ2n) is 9.65. The highest BCUT2D eigenvalue weighted by molar-refractivity contribution is 8.76. The monoisotopic (exact) mass is 600 g/mol. The van der Waals surface area contributed by atoms with Gasteiger partial charge in [0.25, 0.3) is 0 Å². The molecule has 1 aliphatic heterocycles. The molecule has 10 nitrogen and oxygen atoms in total. The van der Waals surface area contributed by atoms with Gasteiger partial charge < -0.3 is 49.6 Å². The van der Waals surface area contributed by atoms with E-state index in [0.29, 0.717) is 30.6 Å². The highest BCUT2D eigenvalue weighted by Gasteiger charge is 2.32. The predicted octanol–water partition coefficient (Wildman–Crippen LogP) is 3.18. The number of phenolic OH excluding ortho intramolecular Hbond substituents is 2. The number of hydrogen-bond donors (Lipinski definition) is 6. The molecule has 1 heterocycles. The van der Waals surface area contributed by atoms with Gasteiger partial charge in [0, 0.05) is 23.5 Å². The lowest BCUT2D eigenvalue weighted by molar-refractivity contribution is -0.0808. The van der Waals surface area contributed by atoms with Crippen LogP contribution in [0.5, 0.6) is 28.7 Å². The largest absolute Gasteiger partial charge is 0.504 e. The lowest BCUT2D eigenvalue weighted by Gasteiger charge is -2.30. The predicted molar refractivity (Wildman–Crippen MR) is 154 cm³/mol. The van der Waals surface area contributed by atoms with Gasteiger partial charge in [-0.3, -0.25) is 0 Å². The Labute approximate surface area is 242 Å². The molecule has 0 aliphatic carbocycles. The Bertz CT molecular complexity index is 1060. The molecule has 2 aromatic rings. The summed E-state index contributed by atoms with van der Waals surface area (Å²) in [5.74, 6) is 0.306. The minimum absolute atomic E-state index is 0.00228. The number of aromatic hydroxyl groups is 2. The fourth-order valence-corrected chi connectivity index (χ4v) is 7.90. The van der Waals surface area contributed by atoms with Crippen LogP contribution in [0.25, 0.3) is 0 Å². The number of aliphatic hydroxyl groups is 4. The first-order valence-corrected chi connectivity index (χ1v) is 15.5. The Morgan fingerprint density at radius 2 is 1.57 bits per heavy atom. The number of fused-ring (bicyclic) bond motifs is 1. The smallest absolute Gasteiger partial charge is 0.200 e. The van der Waals surface area contributed by atoms with E-state index in [4.69, 9.17) is 18.9 Å². The van der Waals surface area contributed by atoms with E-state index in [1.165, 1.54) is 42.9 Å². The first-order valence-electron chi connectivity index (χ1n) is 13.1. The number of ether oxygens (including phenoxy) is 4. The minimum Gasteiger partial charge on any atom is -0.504 e. The third-order valence-electron chi connectivity index (χ3n) is 7.15. The average Bonchev–Trinajstić information content (AvgIpc) is 2.95. The third-order valence-corrected chi connectivity index (χ3v) is 10.0. The van der Waals surface area contributed by atoms with E-state index in [1.54, 1.807) is 24.3 Å². The van der Waals surface area contributed by atoms with E-state index in [-0.39, 0.29) is 53.4 Å². The second kappa shape index (κ2) is 15.8. The molecular weight excluding hydrogens is 560 g/mol. The first-order chi connectivity index (χ1) is 19.3. The van der Waals surface area contributed by atoms with E-state index >= 15 is 0 Å². The molecule has 1 aliphatic rings. The summed E-state index contributed by atoms with van der Waals surface area (Å²) in [6, 6.07) is 6.73. The van der Waals surface area contributed by atoms with E-state index in [1.807, 2.05) is 0 Å². The topological polar surface area (TPSA) is 158 Å². The van der Waals surface area contributed by atoms with Crippen molar-refractivity contribution in [1.82, 2.24) is 0 Å². The van der Waals surface area contributed by atoms with Crippen LogP contribution in [0.1, 0.15) is 41.2 Å². The van der Waals surface area contributed by atoms with Crippen LogP contribution >= 0.6 is 21.6 Å². The molecule has 2 aromatic carbocycles. The van der Waals surface area contributed by atoms with Gasteiger partial charge in [-0.05, 0) is 73.1 Å². The molecular formula is C28H40O10S2. The van der Waals surface area contributed by atoms with Crippen molar-refractivity contribution in [2.45, 2.75) is 55.7 Å². The van der Waals surface area contributed by atoms with Crippen molar-refractivity contribution in [3.63, 3.8) is 0 Å². The Kier molecular flexibility index (Phi) is 12.8. The molecule has 224 valence electrons. The van der Waals surface area contributed by atoms with Crippen LogP contribution in [-0.2, 0) is 17.6 Å². The van der Waals surface area contributed by atoms with Crippen molar-refractivity contribution >= 4 is 21.6 Å². The molecule has 0 spiro atoms. The van der Waals surface area contributed by atoms with Gasteiger partial charge in [0.05, 0.1) is 39.6 Å². The summed E-state index contributed by atoms with van der Waals surface area (Å²) in [6.07, 6.45) is -0.610. The SMILES string of the molecule is COc1cc2c(cc1O)[C@H](CCO)SSC[C@H](O)[C@@H](Cc1cc(OC)c(O)c(OC)c1)[C@H](O)C[C@@H](OCO)CC2. The van der Waals surface area contributed by atoms with Gasteiger partial charge in [-0.15, -0.1) is 0 Å². The Morgan fingerprint density at radius 3 is 2.17 bits per heavy atom. The Hall–Kier alpha value is -2.06. The van der Waals surface area contributed by atoms with E-state index in [0.717, 1.165) is 11.1 Å². The molecule has 0 saturated carbocycles. The van der Waals surface area contributed by atoms with Gasteiger partial charge in [-0.25, -0.2) is 0 Å². The Balaban J connectivity index is 1.96. The van der Waals surface area contributed by atoms with Crippen LogP contribution in [0.2, 0.25) is 0 Å². The van der Waals surface area contributed by atoms with Crippen molar-refractivity contribution in [1.29, 1.82) is 0 Å². The van der Waals surface area contributed by atoms with Gasteiger partial charge >= 0.3 is 0 Å². The third kappa shape index (κ3) is 8.25. The molecule has 40 heavy (non-hydrogen) atoms. The van der Waals surface area contributed by atoms with Crippen LogP contribution in [0.3, 0.4) is 0 Å². The summed E-state index contributed by atoms with van der Waals surface area (Å²) in [4.78, 5) is 0. The van der Waals surface area contributed by atoms with Gasteiger partial charge in [-0.2, -0.15) is 0 Å². The molecule has 0 radical (unpaired) electrons. The van der Waals surface area contributed by atoms with Crippen LogP contribution in [0, 0.1) is 5.92 Å². The number of phenols is 2. The van der Waals surface area contributed by atoms with Crippen LogP contribution in [-0.4, -0.2) is 89.4 Å². The molecule has 0 aromatic heterocycles. The van der Waals surface area contributed by atoms with Gasteiger partial charge in [0.1, 0.15) is 6.79 Å². The highest BCUT2D eigenvalue weighted by Crippen LogP contribution is 2.46. The number of aryl methyl sites for hydroxylation is 1. The lowest BCUT2D eigenvalue weighted by atomic mass is 9.85. The first kappa shape index (κ1) is 32.5. The maximum Gasteiger partial charge on any atom is 0.200 e. The summed E-state index contributed by atoms with van der Waals surface area (Å²) in [6.45, 7) is -0.587.